The van der Waals surface area contributed by atoms with Crippen molar-refractivity contribution in [1.82, 2.24) is 4.57 Å². The van der Waals surface area contributed by atoms with Crippen LogP contribution in [0.3, 0.4) is 0 Å². The van der Waals surface area contributed by atoms with Crippen LogP contribution >= 0.6 is 0 Å². The van der Waals surface area contributed by atoms with Gasteiger partial charge in [-0.25, -0.2) is 4.79 Å². The van der Waals surface area contributed by atoms with E-state index >= 15 is 0 Å². The number of phenols is 1. The second kappa shape index (κ2) is 6.64. The number of aromatic nitrogens is 1. The number of hydrogen-bond donors (Lipinski definition) is 1. The Hall–Kier alpha value is -2.96. The van der Waals surface area contributed by atoms with Crippen molar-refractivity contribution in [3.63, 3.8) is 0 Å². The zero-order valence-corrected chi connectivity index (χ0v) is 15.8. The number of hydrogen-bond acceptors (Lipinski definition) is 6. The Morgan fingerprint density at radius 2 is 2.04 bits per heavy atom. The Morgan fingerprint density at radius 1 is 1.33 bits per heavy atom. The molecule has 1 aliphatic heterocycles. The van der Waals surface area contributed by atoms with Gasteiger partial charge in [-0.2, -0.15) is 0 Å². The van der Waals surface area contributed by atoms with E-state index in [1.54, 1.807) is 13.0 Å². The first-order valence-corrected chi connectivity index (χ1v) is 8.80. The van der Waals surface area contributed by atoms with Crippen molar-refractivity contribution in [2.75, 3.05) is 6.61 Å². The summed E-state index contributed by atoms with van der Waals surface area (Å²) in [6.45, 7) is 8.06. The number of nitrogens with zero attached hydrogens (tertiary/aromatic N) is 2. The molecule has 3 rings (SSSR count). The quantitative estimate of drug-likeness (QED) is 0.652. The molecule has 1 aliphatic rings. The molecule has 0 spiro atoms. The maximum absolute atomic E-state index is 12.5. The summed E-state index contributed by atoms with van der Waals surface area (Å²) in [6.07, 6.45) is 2.11. The van der Waals surface area contributed by atoms with Gasteiger partial charge in [0.1, 0.15) is 17.0 Å². The van der Waals surface area contributed by atoms with E-state index < -0.39 is 11.4 Å². The highest BCUT2D eigenvalue weighted by atomic mass is 16.5. The summed E-state index contributed by atoms with van der Waals surface area (Å²) in [6, 6.07) is 4.32. The third kappa shape index (κ3) is 3.25. The van der Waals surface area contributed by atoms with E-state index in [4.69, 9.17) is 4.74 Å². The van der Waals surface area contributed by atoms with Crippen LogP contribution in [0.15, 0.2) is 34.4 Å². The molecule has 7 nitrogen and oxygen atoms in total. The minimum absolute atomic E-state index is 0.0197. The molecule has 0 saturated carbocycles. The highest BCUT2D eigenvalue weighted by Gasteiger charge is 2.34. The number of nitroso groups, excluding NO2 is 1. The fourth-order valence-electron chi connectivity index (χ4n) is 3.52. The zero-order valence-electron chi connectivity index (χ0n) is 15.8. The largest absolute Gasteiger partial charge is 0.506 e. The van der Waals surface area contributed by atoms with Crippen molar-refractivity contribution in [1.29, 1.82) is 0 Å². The molecule has 1 aromatic carbocycles. The lowest BCUT2D eigenvalue weighted by atomic mass is 9.78. The first-order chi connectivity index (χ1) is 12.7. The predicted octanol–water partition coefficient (Wildman–Crippen LogP) is 3.94. The summed E-state index contributed by atoms with van der Waals surface area (Å²) in [4.78, 5) is 35.7. The molecular weight excluding hydrogens is 348 g/mol. The number of fused-ring (bicyclic) bond motifs is 3. The Bertz CT molecular complexity index is 985. The third-order valence-electron chi connectivity index (χ3n) is 4.90. The number of pyridine rings is 1. The number of carbonyl (C=O) groups is 1. The van der Waals surface area contributed by atoms with Crippen molar-refractivity contribution in [3.05, 3.63) is 50.7 Å². The number of aromatic hydroxyl groups is 1. The molecule has 1 aromatic heterocycles. The molecule has 0 fully saturated rings. The van der Waals surface area contributed by atoms with Crippen LogP contribution in [0.1, 0.15) is 49.7 Å². The molecule has 0 radical (unpaired) electrons. The van der Waals surface area contributed by atoms with E-state index in [2.05, 4.69) is 25.9 Å². The van der Waals surface area contributed by atoms with E-state index in [1.165, 1.54) is 18.3 Å². The minimum Gasteiger partial charge on any atom is -0.506 e. The molecule has 142 valence electrons. The van der Waals surface area contributed by atoms with Gasteiger partial charge < -0.3 is 14.4 Å². The van der Waals surface area contributed by atoms with Gasteiger partial charge in [0, 0.05) is 23.9 Å². The lowest BCUT2D eigenvalue weighted by molar-refractivity contribution is 0.0523. The van der Waals surface area contributed by atoms with Crippen LogP contribution in [0.5, 0.6) is 5.75 Å². The third-order valence-corrected chi connectivity index (χ3v) is 4.90. The highest BCUT2D eigenvalue weighted by molar-refractivity contribution is 5.89. The molecule has 1 N–H and O–H groups in total. The molecule has 2 heterocycles. The Labute approximate surface area is 156 Å². The second-order valence-electron chi connectivity index (χ2n) is 7.74. The second-order valence-corrected chi connectivity index (χ2v) is 7.74. The Morgan fingerprint density at radius 3 is 2.63 bits per heavy atom. The smallest absolute Gasteiger partial charge is 0.343 e. The van der Waals surface area contributed by atoms with E-state index in [0.29, 0.717) is 17.7 Å². The molecule has 0 amide bonds. The van der Waals surface area contributed by atoms with Gasteiger partial charge in [-0.05, 0) is 41.6 Å². The highest BCUT2D eigenvalue weighted by Crippen LogP contribution is 2.45. The van der Waals surface area contributed by atoms with Crippen molar-refractivity contribution >= 4 is 11.7 Å². The average molecular weight is 370 g/mol. The molecule has 0 saturated heterocycles. The fraction of sp³-hybridized carbons (Fsp3) is 0.400. The molecule has 1 unspecified atom stereocenters. The number of benzene rings is 1. The molecule has 7 heteroatoms. The van der Waals surface area contributed by atoms with Gasteiger partial charge in [0.05, 0.1) is 12.3 Å². The van der Waals surface area contributed by atoms with E-state index in [1.807, 2.05) is 4.57 Å². The summed E-state index contributed by atoms with van der Waals surface area (Å²) in [5.41, 5.74) is 1.37. The summed E-state index contributed by atoms with van der Waals surface area (Å²) in [5.74, 6) is -0.897. The van der Waals surface area contributed by atoms with E-state index in [0.717, 1.165) is 5.56 Å². The fourth-order valence-corrected chi connectivity index (χ4v) is 3.52. The molecule has 0 aliphatic carbocycles. The summed E-state index contributed by atoms with van der Waals surface area (Å²) in [5, 5.41) is 12.9. The molecule has 0 bridgehead atoms. The van der Waals surface area contributed by atoms with Crippen LogP contribution in [-0.4, -0.2) is 22.2 Å². The number of phenolic OH excluding ortho intramolecular Hbond substituents is 1. The molecule has 27 heavy (non-hydrogen) atoms. The van der Waals surface area contributed by atoms with Crippen LogP contribution in [0, 0.1) is 10.3 Å². The van der Waals surface area contributed by atoms with Crippen LogP contribution in [0.2, 0.25) is 0 Å². The van der Waals surface area contributed by atoms with E-state index in [-0.39, 0.29) is 35.1 Å². The summed E-state index contributed by atoms with van der Waals surface area (Å²) < 4.78 is 6.89. The van der Waals surface area contributed by atoms with Crippen molar-refractivity contribution < 1.29 is 14.6 Å². The first kappa shape index (κ1) is 18.8. The van der Waals surface area contributed by atoms with Gasteiger partial charge in [-0.3, -0.25) is 4.79 Å². The Kier molecular flexibility index (Phi) is 4.63. The van der Waals surface area contributed by atoms with Gasteiger partial charge in [-0.1, -0.05) is 20.8 Å². The first-order valence-electron chi connectivity index (χ1n) is 8.80. The number of ether oxygens (including phenoxy) is 1. The maximum atomic E-state index is 12.5. The molecule has 2 aromatic rings. The number of carbonyl (C=O) groups excluding carboxylic acids is 1. The standard InChI is InChI=1S/C20H22N2O5/c1-5-27-19(25)13-10-22-15(9-16(13)23)12-8-17(24)14(21-26)6-11(12)7-18(22)20(2,3)4/h6,8-10,18,24H,5,7H2,1-4H3. The topological polar surface area (TPSA) is 98.0 Å². The SMILES string of the molecule is CCOC(=O)c1cn2c(cc1=O)-c1cc(O)c(N=O)cc1CC2C(C)(C)C. The lowest BCUT2D eigenvalue weighted by Gasteiger charge is -2.39. The Balaban J connectivity index is 2.29. The lowest BCUT2D eigenvalue weighted by Crippen LogP contribution is -2.33. The minimum atomic E-state index is -0.653. The molecule has 1 atom stereocenters. The normalized spacial score (nSPS) is 15.6. The molecular formula is C20H22N2O5. The zero-order chi connectivity index (χ0) is 19.9. The van der Waals surface area contributed by atoms with Crippen molar-refractivity contribution in [3.8, 4) is 17.0 Å². The maximum Gasteiger partial charge on any atom is 0.343 e. The number of esters is 1. The van der Waals surface area contributed by atoms with Crippen molar-refractivity contribution in [2.24, 2.45) is 10.6 Å². The van der Waals surface area contributed by atoms with Crippen LogP contribution in [0.4, 0.5) is 5.69 Å². The van der Waals surface area contributed by atoms with Gasteiger partial charge in [0.25, 0.3) is 0 Å². The van der Waals surface area contributed by atoms with Crippen LogP contribution in [-0.2, 0) is 11.2 Å². The van der Waals surface area contributed by atoms with Crippen molar-refractivity contribution in [2.45, 2.75) is 40.2 Å². The van der Waals surface area contributed by atoms with Gasteiger partial charge in [0.2, 0.25) is 0 Å². The predicted molar refractivity (Wildman–Crippen MR) is 101 cm³/mol. The van der Waals surface area contributed by atoms with Gasteiger partial charge in [-0.15, -0.1) is 4.91 Å². The summed E-state index contributed by atoms with van der Waals surface area (Å²) in [7, 11) is 0. The van der Waals surface area contributed by atoms with Gasteiger partial charge in [0.15, 0.2) is 5.43 Å². The van der Waals surface area contributed by atoms with Gasteiger partial charge >= 0.3 is 5.97 Å². The summed E-state index contributed by atoms with van der Waals surface area (Å²) >= 11 is 0. The number of rotatable bonds is 3. The monoisotopic (exact) mass is 370 g/mol. The van der Waals surface area contributed by atoms with Crippen LogP contribution in [0.25, 0.3) is 11.3 Å². The van der Waals surface area contributed by atoms with Crippen LogP contribution < -0.4 is 5.43 Å². The average Bonchev–Trinajstić information content (AvgIpc) is 2.59. The van der Waals surface area contributed by atoms with E-state index in [9.17, 15) is 19.6 Å².